The van der Waals surface area contributed by atoms with Gasteiger partial charge in [-0.1, -0.05) is 24.3 Å². The number of amides is 1. The summed E-state index contributed by atoms with van der Waals surface area (Å²) in [4.78, 5) is 47.6. The number of carbonyl (C=O) groups is 1. The Bertz CT molecular complexity index is 3590. The molecule has 0 radical (unpaired) electrons. The lowest BCUT2D eigenvalue weighted by molar-refractivity contribution is -0.384. The van der Waals surface area contributed by atoms with E-state index in [0.717, 1.165) is 81.1 Å². The zero-order valence-corrected chi connectivity index (χ0v) is 46.8. The Labute approximate surface area is 477 Å². The van der Waals surface area contributed by atoms with E-state index in [-0.39, 0.29) is 77.7 Å². The van der Waals surface area contributed by atoms with E-state index in [2.05, 4.69) is 30.9 Å². The summed E-state index contributed by atoms with van der Waals surface area (Å²) >= 11 is 0. The second kappa shape index (κ2) is 22.1. The third kappa shape index (κ3) is 10.6. The van der Waals surface area contributed by atoms with E-state index in [4.69, 9.17) is 33.7 Å². The van der Waals surface area contributed by atoms with Crippen LogP contribution >= 0.6 is 0 Å². The number of carbonyl (C=O) groups excluding carboxylic acids is 1. The van der Waals surface area contributed by atoms with Gasteiger partial charge in [0.1, 0.15) is 35.6 Å². The number of hydrogen-bond donors (Lipinski definition) is 3. The van der Waals surface area contributed by atoms with Crippen LogP contribution in [-0.2, 0) is 26.0 Å². The molecular weight excluding hydrogens is 1100 g/mol. The first-order chi connectivity index (χ1) is 40.1. The van der Waals surface area contributed by atoms with E-state index in [1.165, 1.54) is 12.1 Å². The number of benzene rings is 3. The largest absolute Gasteiger partial charge is 0.491 e. The molecule has 7 aliphatic rings. The lowest BCUT2D eigenvalue weighted by Gasteiger charge is -2.58. The number of nitrogens with zero attached hydrogens (tertiary/aromatic N) is 7. The predicted octanol–water partition coefficient (Wildman–Crippen LogP) is 8.78. The van der Waals surface area contributed by atoms with Crippen LogP contribution in [0.4, 0.5) is 41.9 Å². The van der Waals surface area contributed by atoms with Crippen LogP contribution in [0.15, 0.2) is 83.9 Å². The summed E-state index contributed by atoms with van der Waals surface area (Å²) in [5.41, 5.74) is 1.77. The van der Waals surface area contributed by atoms with Crippen LogP contribution < -0.4 is 34.0 Å². The van der Waals surface area contributed by atoms with E-state index in [1.54, 1.807) is 17.2 Å². The summed E-state index contributed by atoms with van der Waals surface area (Å²) in [5.74, 6) is -2.79. The third-order valence-electron chi connectivity index (χ3n) is 17.9. The van der Waals surface area contributed by atoms with Crippen LogP contribution in [0.5, 0.6) is 17.4 Å². The summed E-state index contributed by atoms with van der Waals surface area (Å²) in [5, 5.41) is 16.5. The van der Waals surface area contributed by atoms with Crippen molar-refractivity contribution < 1.29 is 55.0 Å². The van der Waals surface area contributed by atoms with Gasteiger partial charge in [0.05, 0.1) is 46.2 Å². The molecule has 83 heavy (non-hydrogen) atoms. The third-order valence-corrected chi connectivity index (χ3v) is 19.2. The van der Waals surface area contributed by atoms with Gasteiger partial charge in [-0.25, -0.2) is 31.3 Å². The van der Waals surface area contributed by atoms with Crippen LogP contribution in [-0.4, -0.2) is 140 Å². The number of para-hydroxylation sites is 1. The number of aromatic nitrogens is 3. The number of halogens is 3. The van der Waals surface area contributed by atoms with Gasteiger partial charge >= 0.3 is 0 Å². The molecule has 20 nitrogen and oxygen atoms in total. The van der Waals surface area contributed by atoms with Gasteiger partial charge in [-0.3, -0.25) is 24.7 Å². The van der Waals surface area contributed by atoms with Crippen molar-refractivity contribution >= 4 is 55.7 Å². The number of nitro groups is 1. The number of H-pyrrole nitrogens is 1. The second-order valence-corrected chi connectivity index (χ2v) is 25.0. The monoisotopic (exact) mass is 1160 g/mol. The van der Waals surface area contributed by atoms with E-state index in [1.807, 2.05) is 49.1 Å². The van der Waals surface area contributed by atoms with Crippen LogP contribution in [0.2, 0.25) is 0 Å². The highest BCUT2D eigenvalue weighted by molar-refractivity contribution is 7.90. The standard InChI is InChI=1S/C59H65F3N10O10S/c1-34(2)81-50-6-4-3-5-40(50)49-31-68(30-35-7-8-42(60)43(61)23-35)18-19-70(49)38-28-59(29-38)13-16-69(17-14-59)56-44(62)27-41(55(66-56)71-46-12-22-79-33-52(46)82-58-48(71)24-37-9-15-63-54(37)65-58)57(73)67-83(76,77)39-25-47(72(74)75)53-51(26-39)80-32-45(64-53)36-10-20-78-21-11-36/h3-9,15,23-27,34,36,38,45-46,49,52,64H,10-14,16-22,28-33H2,1-2H3,(H,63,65)(H,67,73)/t45-,46-,49-,52-/m0/s1. The molecule has 1 amide bonds. The maximum absolute atomic E-state index is 17.2. The van der Waals surface area contributed by atoms with Gasteiger partial charge in [0.15, 0.2) is 34.7 Å². The highest BCUT2D eigenvalue weighted by Gasteiger charge is 2.51. The summed E-state index contributed by atoms with van der Waals surface area (Å²) in [6, 6.07) is 18.3. The Morgan fingerprint density at radius 3 is 2.48 bits per heavy atom. The Hall–Kier alpha value is -7.25. The molecule has 5 fully saturated rings. The van der Waals surface area contributed by atoms with Crippen molar-refractivity contribution in [2.24, 2.45) is 11.3 Å². The number of nitro benzene ring substituents is 1. The minimum Gasteiger partial charge on any atom is -0.491 e. The molecule has 1 saturated carbocycles. The molecule has 3 aromatic heterocycles. The molecule has 24 heteroatoms. The molecule has 438 valence electrons. The summed E-state index contributed by atoms with van der Waals surface area (Å²) in [7, 11) is -4.90. The minimum absolute atomic E-state index is 0.00883. The first-order valence-corrected chi connectivity index (χ1v) is 30.1. The van der Waals surface area contributed by atoms with Gasteiger partial charge in [-0.15, -0.1) is 0 Å². The molecule has 13 rings (SSSR count). The van der Waals surface area contributed by atoms with Crippen molar-refractivity contribution in [2.75, 3.05) is 80.9 Å². The molecule has 4 saturated heterocycles. The SMILES string of the molecule is CC(C)Oc1ccccc1[C@@H]1CN(Cc2ccc(F)c(F)c2)CCN1C1CC2(CCN(c3nc(N4c5cc6cc[nH]c6nc5O[C@H]5COCC[C@@H]54)c(C(=O)NS(=O)(=O)c4cc5c(c([N+](=O)[O-])c4)N[C@H](C4CCOCC4)CO5)cc3F)CC2)C1. The quantitative estimate of drug-likeness (QED) is 0.0727. The first kappa shape index (κ1) is 55.0. The van der Waals surface area contributed by atoms with E-state index in [0.29, 0.717) is 74.7 Å². The van der Waals surface area contributed by atoms with Gasteiger partial charge in [-0.2, -0.15) is 4.98 Å². The molecule has 4 atom stereocenters. The van der Waals surface area contributed by atoms with Crippen molar-refractivity contribution in [2.45, 2.75) is 107 Å². The zero-order chi connectivity index (χ0) is 57.3. The number of anilines is 4. The number of ether oxygens (including phenoxy) is 5. The molecule has 3 aromatic carbocycles. The van der Waals surface area contributed by atoms with Gasteiger partial charge in [0.25, 0.3) is 21.6 Å². The lowest BCUT2D eigenvalue weighted by atomic mass is 9.59. The number of piperidine rings is 1. The molecule has 6 aliphatic heterocycles. The maximum Gasteiger partial charge on any atom is 0.297 e. The van der Waals surface area contributed by atoms with E-state index < -0.39 is 66.6 Å². The summed E-state index contributed by atoms with van der Waals surface area (Å²) in [6.07, 6.45) is 6.19. The van der Waals surface area contributed by atoms with Crippen LogP contribution in [0, 0.1) is 38.9 Å². The number of hydrogen-bond acceptors (Lipinski definition) is 17. The van der Waals surface area contributed by atoms with Crippen LogP contribution in [0.25, 0.3) is 11.0 Å². The van der Waals surface area contributed by atoms with Gasteiger partial charge in [0, 0.05) is 94.4 Å². The number of rotatable bonds is 13. The first-order valence-electron chi connectivity index (χ1n) is 28.6. The average Bonchev–Trinajstić information content (AvgIpc) is 3.57. The van der Waals surface area contributed by atoms with Crippen molar-refractivity contribution in [3.05, 3.63) is 123 Å². The maximum atomic E-state index is 17.2. The fourth-order valence-electron chi connectivity index (χ4n) is 13.6. The Morgan fingerprint density at radius 2 is 1.70 bits per heavy atom. The molecule has 3 N–H and O–H groups in total. The molecule has 9 heterocycles. The Balaban J connectivity index is 0.785. The minimum atomic E-state index is -4.90. The van der Waals surface area contributed by atoms with Gasteiger partial charge in [-0.05, 0) is 112 Å². The summed E-state index contributed by atoms with van der Waals surface area (Å²) < 4.78 is 107. The summed E-state index contributed by atoms with van der Waals surface area (Å²) in [6.45, 7) is 9.18. The average molecular weight is 1160 g/mol. The van der Waals surface area contributed by atoms with Crippen molar-refractivity contribution in [3.63, 3.8) is 0 Å². The number of aromatic amines is 1. The number of piperazine rings is 1. The van der Waals surface area contributed by atoms with Crippen molar-refractivity contribution in [1.29, 1.82) is 0 Å². The topological polar surface area (TPSA) is 219 Å². The molecule has 6 aromatic rings. The fraction of sp³-hybridized carbons (Fsp3) is 0.475. The van der Waals surface area contributed by atoms with E-state index >= 15 is 4.39 Å². The van der Waals surface area contributed by atoms with Gasteiger partial charge < -0.3 is 43.8 Å². The van der Waals surface area contributed by atoms with Crippen LogP contribution in [0.3, 0.4) is 0 Å². The number of pyridine rings is 2. The normalized spacial score (nSPS) is 23.1. The Morgan fingerprint density at radius 1 is 0.904 bits per heavy atom. The molecule has 0 bridgehead atoms. The lowest BCUT2D eigenvalue weighted by Crippen LogP contribution is -2.60. The molecule has 0 unspecified atom stereocenters. The Kier molecular flexibility index (Phi) is 14.6. The highest BCUT2D eigenvalue weighted by Crippen LogP contribution is 2.54. The number of sulfonamides is 1. The van der Waals surface area contributed by atoms with Crippen LogP contribution in [0.1, 0.15) is 86.3 Å². The van der Waals surface area contributed by atoms with Crippen molar-refractivity contribution in [1.82, 2.24) is 29.5 Å². The van der Waals surface area contributed by atoms with Gasteiger partial charge in [0.2, 0.25) is 5.88 Å². The molecule has 1 aliphatic carbocycles. The number of fused-ring (bicyclic) bond motifs is 4. The van der Waals surface area contributed by atoms with Crippen molar-refractivity contribution in [3.8, 4) is 17.4 Å². The zero-order valence-electron chi connectivity index (χ0n) is 46.0. The smallest absolute Gasteiger partial charge is 0.297 e. The molecule has 1 spiro atoms. The van der Waals surface area contributed by atoms with E-state index in [9.17, 15) is 32.1 Å². The second-order valence-electron chi connectivity index (χ2n) is 23.4. The molecular formula is C59H65F3N10O10S. The fourth-order valence-corrected chi connectivity index (χ4v) is 14.6. The number of nitrogens with one attached hydrogen (secondary N) is 3. The predicted molar refractivity (Wildman–Crippen MR) is 300 cm³/mol. The highest BCUT2D eigenvalue weighted by atomic mass is 32.2.